The zero-order valence-corrected chi connectivity index (χ0v) is 9.72. The number of hydrogen-bond acceptors (Lipinski definition) is 2. The third-order valence-corrected chi connectivity index (χ3v) is 2.02. The molecule has 0 aliphatic carbocycles. The molecule has 1 N–H and O–H groups in total. The molecule has 0 amide bonds. The van der Waals surface area contributed by atoms with Gasteiger partial charge in [-0.05, 0) is 31.7 Å². The van der Waals surface area contributed by atoms with Crippen molar-refractivity contribution >= 4 is 0 Å². The van der Waals surface area contributed by atoms with E-state index in [4.69, 9.17) is 4.74 Å². The van der Waals surface area contributed by atoms with Gasteiger partial charge in [-0.3, -0.25) is 0 Å². The molecule has 0 bridgehead atoms. The lowest BCUT2D eigenvalue weighted by Crippen LogP contribution is -2.21. The molecule has 2 heteroatoms. The lowest BCUT2D eigenvalue weighted by molar-refractivity contribution is 0.125. The fraction of sp³-hybridized carbons (Fsp3) is 0.833. The lowest BCUT2D eigenvalue weighted by atomic mass is 10.1. The number of nitrogens with one attached hydrogen (secondary N) is 1. The van der Waals surface area contributed by atoms with Crippen molar-refractivity contribution in [3.05, 3.63) is 12.7 Å². The van der Waals surface area contributed by atoms with Gasteiger partial charge in [0, 0.05) is 13.2 Å². The van der Waals surface area contributed by atoms with Gasteiger partial charge in [-0.1, -0.05) is 19.9 Å². The van der Waals surface area contributed by atoms with Crippen molar-refractivity contribution in [3.63, 3.8) is 0 Å². The van der Waals surface area contributed by atoms with E-state index in [1.165, 1.54) is 6.42 Å². The van der Waals surface area contributed by atoms with Crippen molar-refractivity contribution in [2.45, 2.75) is 33.1 Å². The molecule has 0 rings (SSSR count). The standard InChI is InChI=1S/C12H25NO/c1-4-5-6-8-13-9-11-14-10-7-12(2)3/h4,12-13H,1,5-11H2,2-3H3. The van der Waals surface area contributed by atoms with Crippen molar-refractivity contribution in [1.29, 1.82) is 0 Å². The monoisotopic (exact) mass is 199 g/mol. The molecule has 0 aliphatic rings. The van der Waals surface area contributed by atoms with Crippen LogP contribution in [0.2, 0.25) is 0 Å². The summed E-state index contributed by atoms with van der Waals surface area (Å²) in [5.41, 5.74) is 0. The highest BCUT2D eigenvalue weighted by Gasteiger charge is 1.93. The highest BCUT2D eigenvalue weighted by molar-refractivity contribution is 4.66. The molecule has 0 aliphatic heterocycles. The summed E-state index contributed by atoms with van der Waals surface area (Å²) in [6.45, 7) is 11.9. The zero-order valence-electron chi connectivity index (χ0n) is 9.72. The van der Waals surface area contributed by atoms with Crippen LogP contribution in [0.4, 0.5) is 0 Å². The maximum absolute atomic E-state index is 5.47. The predicted octanol–water partition coefficient (Wildman–Crippen LogP) is 2.60. The van der Waals surface area contributed by atoms with Gasteiger partial charge in [-0.2, -0.15) is 0 Å². The minimum absolute atomic E-state index is 0.746. The third kappa shape index (κ3) is 11.7. The summed E-state index contributed by atoms with van der Waals surface area (Å²) in [6, 6.07) is 0. The summed E-state index contributed by atoms with van der Waals surface area (Å²) in [4.78, 5) is 0. The molecule has 0 spiro atoms. The van der Waals surface area contributed by atoms with E-state index in [9.17, 15) is 0 Å². The Hall–Kier alpha value is -0.340. The third-order valence-electron chi connectivity index (χ3n) is 2.02. The van der Waals surface area contributed by atoms with Gasteiger partial charge >= 0.3 is 0 Å². The van der Waals surface area contributed by atoms with E-state index in [1.807, 2.05) is 6.08 Å². The smallest absolute Gasteiger partial charge is 0.0590 e. The van der Waals surface area contributed by atoms with Crippen molar-refractivity contribution in [3.8, 4) is 0 Å². The van der Waals surface area contributed by atoms with Crippen LogP contribution < -0.4 is 5.32 Å². The van der Waals surface area contributed by atoms with Gasteiger partial charge in [0.1, 0.15) is 0 Å². The summed E-state index contributed by atoms with van der Waals surface area (Å²) in [5.74, 6) is 0.746. The molecule has 0 fully saturated rings. The molecule has 0 unspecified atom stereocenters. The van der Waals surface area contributed by atoms with Gasteiger partial charge in [-0.15, -0.1) is 6.58 Å². The number of ether oxygens (including phenoxy) is 1. The molecule has 84 valence electrons. The van der Waals surface area contributed by atoms with Crippen LogP contribution in [0, 0.1) is 5.92 Å². The van der Waals surface area contributed by atoms with E-state index in [-0.39, 0.29) is 0 Å². The van der Waals surface area contributed by atoms with Crippen molar-refractivity contribution in [1.82, 2.24) is 5.32 Å². The van der Waals surface area contributed by atoms with Crippen LogP contribution in [0.25, 0.3) is 0 Å². The molecule has 0 aromatic heterocycles. The molecule has 0 atom stereocenters. The average molecular weight is 199 g/mol. The Morgan fingerprint density at radius 2 is 2.07 bits per heavy atom. The van der Waals surface area contributed by atoms with E-state index in [1.54, 1.807) is 0 Å². The first kappa shape index (κ1) is 13.7. The Kier molecular flexibility index (Phi) is 10.5. The van der Waals surface area contributed by atoms with Crippen molar-refractivity contribution in [2.75, 3.05) is 26.3 Å². The fourth-order valence-electron chi connectivity index (χ4n) is 1.06. The van der Waals surface area contributed by atoms with Gasteiger partial charge in [-0.25, -0.2) is 0 Å². The normalized spacial score (nSPS) is 10.8. The molecule has 2 nitrogen and oxygen atoms in total. The highest BCUT2D eigenvalue weighted by Crippen LogP contribution is 1.98. The van der Waals surface area contributed by atoms with Gasteiger partial charge in [0.2, 0.25) is 0 Å². The Morgan fingerprint density at radius 3 is 2.71 bits per heavy atom. The van der Waals surface area contributed by atoms with Crippen molar-refractivity contribution in [2.24, 2.45) is 5.92 Å². The Labute approximate surface area is 88.7 Å². The van der Waals surface area contributed by atoms with Crippen LogP contribution in [0.3, 0.4) is 0 Å². The number of rotatable bonds is 10. The minimum atomic E-state index is 0.746. The molecule has 14 heavy (non-hydrogen) atoms. The first-order chi connectivity index (χ1) is 6.77. The predicted molar refractivity (Wildman–Crippen MR) is 62.6 cm³/mol. The largest absolute Gasteiger partial charge is 0.380 e. The van der Waals surface area contributed by atoms with E-state index >= 15 is 0 Å². The van der Waals surface area contributed by atoms with Crippen LogP contribution >= 0.6 is 0 Å². The Balaban J connectivity index is 2.88. The van der Waals surface area contributed by atoms with Gasteiger partial charge in [0.05, 0.1) is 6.61 Å². The molecule has 0 aromatic rings. The summed E-state index contributed by atoms with van der Waals surface area (Å²) >= 11 is 0. The van der Waals surface area contributed by atoms with Gasteiger partial charge < -0.3 is 10.1 Å². The van der Waals surface area contributed by atoms with Crippen LogP contribution in [-0.2, 0) is 4.74 Å². The molecule has 0 radical (unpaired) electrons. The molecule has 0 saturated carbocycles. The lowest BCUT2D eigenvalue weighted by Gasteiger charge is -2.07. The quantitative estimate of drug-likeness (QED) is 0.431. The second-order valence-electron chi connectivity index (χ2n) is 3.98. The van der Waals surface area contributed by atoms with Gasteiger partial charge in [0.15, 0.2) is 0 Å². The fourth-order valence-corrected chi connectivity index (χ4v) is 1.06. The first-order valence-electron chi connectivity index (χ1n) is 5.66. The molecular weight excluding hydrogens is 174 g/mol. The van der Waals surface area contributed by atoms with Crippen LogP contribution in [0.5, 0.6) is 0 Å². The second kappa shape index (κ2) is 10.7. The Morgan fingerprint density at radius 1 is 1.29 bits per heavy atom. The second-order valence-corrected chi connectivity index (χ2v) is 3.98. The average Bonchev–Trinajstić information content (AvgIpc) is 2.15. The maximum atomic E-state index is 5.47. The molecule has 0 aromatic carbocycles. The highest BCUT2D eigenvalue weighted by atomic mass is 16.5. The van der Waals surface area contributed by atoms with E-state index < -0.39 is 0 Å². The number of allylic oxidation sites excluding steroid dienone is 1. The number of hydrogen-bond donors (Lipinski definition) is 1. The molecule has 0 saturated heterocycles. The minimum Gasteiger partial charge on any atom is -0.380 e. The van der Waals surface area contributed by atoms with E-state index in [0.29, 0.717) is 0 Å². The summed E-state index contributed by atoms with van der Waals surface area (Å²) < 4.78 is 5.47. The van der Waals surface area contributed by atoms with Crippen LogP contribution in [0.1, 0.15) is 33.1 Å². The van der Waals surface area contributed by atoms with Crippen molar-refractivity contribution < 1.29 is 4.74 Å². The molecule has 0 heterocycles. The zero-order chi connectivity index (χ0) is 10.6. The van der Waals surface area contributed by atoms with Crippen LogP contribution in [-0.4, -0.2) is 26.3 Å². The molecular formula is C12H25NO. The topological polar surface area (TPSA) is 21.3 Å². The Bertz CT molecular complexity index is 123. The summed E-state index contributed by atoms with van der Waals surface area (Å²) in [5, 5.41) is 3.34. The van der Waals surface area contributed by atoms with E-state index in [0.717, 1.165) is 45.1 Å². The number of unbranched alkanes of at least 4 members (excludes halogenated alkanes) is 1. The first-order valence-corrected chi connectivity index (χ1v) is 5.66. The SMILES string of the molecule is C=CCCCNCCOCCC(C)C. The van der Waals surface area contributed by atoms with E-state index in [2.05, 4.69) is 25.7 Å². The van der Waals surface area contributed by atoms with Crippen LogP contribution in [0.15, 0.2) is 12.7 Å². The maximum Gasteiger partial charge on any atom is 0.0590 e. The summed E-state index contributed by atoms with van der Waals surface area (Å²) in [6.07, 6.45) is 5.40. The summed E-state index contributed by atoms with van der Waals surface area (Å²) in [7, 11) is 0. The van der Waals surface area contributed by atoms with Gasteiger partial charge in [0.25, 0.3) is 0 Å².